The third-order valence-electron chi connectivity index (χ3n) is 3.70. The molecular formula is C20H24N2O5. The zero-order valence-electron chi connectivity index (χ0n) is 15.2. The van der Waals surface area contributed by atoms with Gasteiger partial charge in [0, 0.05) is 32.2 Å². The van der Waals surface area contributed by atoms with Gasteiger partial charge in [-0.25, -0.2) is 4.79 Å². The van der Waals surface area contributed by atoms with E-state index < -0.39 is 12.0 Å². The summed E-state index contributed by atoms with van der Waals surface area (Å²) in [7, 11) is 1.64. The summed E-state index contributed by atoms with van der Waals surface area (Å²) in [6, 6.07) is 13.9. The fourth-order valence-corrected chi connectivity index (χ4v) is 2.42. The number of nitrogens with one attached hydrogen (secondary N) is 2. The van der Waals surface area contributed by atoms with Crippen molar-refractivity contribution in [1.82, 2.24) is 0 Å². The van der Waals surface area contributed by atoms with E-state index in [0.717, 1.165) is 12.0 Å². The molecule has 0 aliphatic heterocycles. The van der Waals surface area contributed by atoms with E-state index in [9.17, 15) is 9.59 Å². The minimum absolute atomic E-state index is 0.0451. The first-order valence-electron chi connectivity index (χ1n) is 8.68. The average Bonchev–Trinajstić information content (AvgIpc) is 2.65. The quantitative estimate of drug-likeness (QED) is 0.552. The summed E-state index contributed by atoms with van der Waals surface area (Å²) in [6.07, 6.45) is 1.20. The molecule has 2 rings (SSSR count). The van der Waals surface area contributed by atoms with Gasteiger partial charge in [-0.15, -0.1) is 0 Å². The number of aryl methyl sites for hydroxylation is 1. The molecule has 0 bridgehead atoms. The highest BCUT2D eigenvalue weighted by atomic mass is 16.5. The van der Waals surface area contributed by atoms with Crippen molar-refractivity contribution in [2.24, 2.45) is 0 Å². The Bertz CT molecular complexity index is 764. The highest BCUT2D eigenvalue weighted by Gasteiger charge is 2.08. The van der Waals surface area contributed by atoms with Crippen molar-refractivity contribution in [3.8, 4) is 5.75 Å². The van der Waals surface area contributed by atoms with Crippen LogP contribution in [0.3, 0.4) is 0 Å². The maximum atomic E-state index is 12.3. The first-order chi connectivity index (χ1) is 13.1. The van der Waals surface area contributed by atoms with E-state index in [4.69, 9.17) is 14.6 Å². The molecule has 2 aromatic rings. The van der Waals surface area contributed by atoms with Crippen molar-refractivity contribution in [2.75, 3.05) is 31.0 Å². The summed E-state index contributed by atoms with van der Waals surface area (Å²) in [5.41, 5.74) is 2.00. The van der Waals surface area contributed by atoms with Crippen LogP contribution in [0.15, 0.2) is 48.5 Å². The zero-order chi connectivity index (χ0) is 19.5. The third-order valence-corrected chi connectivity index (χ3v) is 3.70. The number of aliphatic carboxylic acids is 1. The highest BCUT2D eigenvalue weighted by Crippen LogP contribution is 2.24. The lowest BCUT2D eigenvalue weighted by molar-refractivity contribution is -0.136. The van der Waals surface area contributed by atoms with Crippen molar-refractivity contribution < 1.29 is 24.2 Å². The molecule has 2 amide bonds. The number of hydrogen-bond donors (Lipinski definition) is 3. The van der Waals surface area contributed by atoms with Crippen molar-refractivity contribution >= 4 is 23.4 Å². The lowest BCUT2D eigenvalue weighted by Crippen LogP contribution is -2.20. The molecule has 0 saturated heterocycles. The molecule has 0 saturated carbocycles. The summed E-state index contributed by atoms with van der Waals surface area (Å²) in [5.74, 6) is -0.271. The number of methoxy groups -OCH3 is 1. The van der Waals surface area contributed by atoms with Crippen LogP contribution in [0.5, 0.6) is 5.75 Å². The van der Waals surface area contributed by atoms with Crippen LogP contribution in [-0.2, 0) is 16.0 Å². The second-order valence-corrected chi connectivity index (χ2v) is 5.86. The summed E-state index contributed by atoms with van der Waals surface area (Å²) in [5, 5.41) is 14.3. The molecule has 0 aliphatic carbocycles. The minimum atomic E-state index is -0.854. The zero-order valence-corrected chi connectivity index (χ0v) is 15.2. The molecule has 0 aliphatic rings. The molecule has 0 aromatic heterocycles. The molecule has 3 N–H and O–H groups in total. The van der Waals surface area contributed by atoms with Gasteiger partial charge in [0.1, 0.15) is 5.75 Å². The van der Waals surface area contributed by atoms with Gasteiger partial charge in [0.15, 0.2) is 0 Å². The number of amides is 2. The van der Waals surface area contributed by atoms with Crippen LogP contribution in [0.1, 0.15) is 18.4 Å². The van der Waals surface area contributed by atoms with Gasteiger partial charge >= 0.3 is 12.0 Å². The molecule has 0 heterocycles. The van der Waals surface area contributed by atoms with Crippen molar-refractivity contribution in [3.05, 3.63) is 54.1 Å². The summed E-state index contributed by atoms with van der Waals surface area (Å²) in [4.78, 5) is 23.0. The topological polar surface area (TPSA) is 96.9 Å². The van der Waals surface area contributed by atoms with Crippen LogP contribution in [0.2, 0.25) is 0 Å². The largest absolute Gasteiger partial charge is 0.491 e. The van der Waals surface area contributed by atoms with Crippen LogP contribution in [0.4, 0.5) is 16.2 Å². The molecule has 0 spiro atoms. The Hall–Kier alpha value is -3.06. The number of para-hydroxylation sites is 2. The standard InChI is InChI=1S/C20H24N2O5/c1-26-12-5-13-27-18-9-3-2-8-17(18)22-20(25)21-16-7-4-6-15(14-16)10-11-19(23)24/h2-4,6-9,14H,5,10-13H2,1H3,(H,23,24)(H2,21,22,25). The Kier molecular flexibility index (Phi) is 8.12. The number of hydrogen-bond acceptors (Lipinski definition) is 4. The van der Waals surface area contributed by atoms with Crippen LogP contribution in [0, 0.1) is 0 Å². The van der Waals surface area contributed by atoms with Crippen LogP contribution in [0.25, 0.3) is 0 Å². The van der Waals surface area contributed by atoms with Crippen LogP contribution >= 0.6 is 0 Å². The fraction of sp³-hybridized carbons (Fsp3) is 0.300. The Labute approximate surface area is 158 Å². The van der Waals surface area contributed by atoms with Gasteiger partial charge in [0.2, 0.25) is 0 Å². The highest BCUT2D eigenvalue weighted by molar-refractivity contribution is 6.00. The third kappa shape index (κ3) is 7.37. The van der Waals surface area contributed by atoms with Crippen molar-refractivity contribution in [2.45, 2.75) is 19.3 Å². The number of carboxylic acid groups (broad SMARTS) is 1. The monoisotopic (exact) mass is 372 g/mol. The van der Waals surface area contributed by atoms with E-state index in [2.05, 4.69) is 10.6 Å². The van der Waals surface area contributed by atoms with Gasteiger partial charge in [0.05, 0.1) is 12.3 Å². The Balaban J connectivity index is 1.94. The molecule has 144 valence electrons. The number of benzene rings is 2. The summed E-state index contributed by atoms with van der Waals surface area (Å²) in [6.45, 7) is 1.09. The van der Waals surface area contributed by atoms with E-state index in [-0.39, 0.29) is 6.42 Å². The van der Waals surface area contributed by atoms with Gasteiger partial charge in [-0.2, -0.15) is 0 Å². The lowest BCUT2D eigenvalue weighted by atomic mass is 10.1. The number of rotatable bonds is 10. The molecule has 0 fully saturated rings. The molecule has 27 heavy (non-hydrogen) atoms. The smallest absolute Gasteiger partial charge is 0.323 e. The lowest BCUT2D eigenvalue weighted by Gasteiger charge is -2.13. The molecule has 7 heteroatoms. The van der Waals surface area contributed by atoms with Crippen LogP contribution in [-0.4, -0.2) is 37.4 Å². The van der Waals surface area contributed by atoms with Crippen molar-refractivity contribution in [1.29, 1.82) is 0 Å². The van der Waals surface area contributed by atoms with E-state index in [1.807, 2.05) is 18.2 Å². The number of anilines is 2. The van der Waals surface area contributed by atoms with E-state index >= 15 is 0 Å². The molecule has 7 nitrogen and oxygen atoms in total. The van der Waals surface area contributed by atoms with Gasteiger partial charge < -0.3 is 25.2 Å². The number of urea groups is 1. The van der Waals surface area contributed by atoms with E-state index in [0.29, 0.717) is 36.8 Å². The normalized spacial score (nSPS) is 10.3. The molecule has 2 aromatic carbocycles. The van der Waals surface area contributed by atoms with Gasteiger partial charge in [0.25, 0.3) is 0 Å². The van der Waals surface area contributed by atoms with E-state index in [1.165, 1.54) is 0 Å². The summed E-state index contributed by atoms with van der Waals surface area (Å²) >= 11 is 0. The second-order valence-electron chi connectivity index (χ2n) is 5.86. The van der Waals surface area contributed by atoms with Gasteiger partial charge in [-0.3, -0.25) is 4.79 Å². The Morgan fingerprint density at radius 3 is 2.63 bits per heavy atom. The second kappa shape index (κ2) is 10.8. The minimum Gasteiger partial charge on any atom is -0.491 e. The molecule has 0 atom stereocenters. The fourth-order valence-electron chi connectivity index (χ4n) is 2.42. The van der Waals surface area contributed by atoms with Gasteiger partial charge in [-0.1, -0.05) is 24.3 Å². The number of carbonyl (C=O) groups excluding carboxylic acids is 1. The molecule has 0 unspecified atom stereocenters. The first-order valence-corrected chi connectivity index (χ1v) is 8.68. The molecule has 0 radical (unpaired) electrons. The average molecular weight is 372 g/mol. The molecular weight excluding hydrogens is 348 g/mol. The van der Waals surface area contributed by atoms with Gasteiger partial charge in [-0.05, 0) is 36.2 Å². The Morgan fingerprint density at radius 1 is 1.04 bits per heavy atom. The predicted molar refractivity (Wildman–Crippen MR) is 103 cm³/mol. The maximum absolute atomic E-state index is 12.3. The summed E-state index contributed by atoms with van der Waals surface area (Å²) < 4.78 is 10.7. The van der Waals surface area contributed by atoms with E-state index in [1.54, 1.807) is 37.4 Å². The Morgan fingerprint density at radius 2 is 1.85 bits per heavy atom. The number of carbonyl (C=O) groups is 2. The maximum Gasteiger partial charge on any atom is 0.323 e. The number of ether oxygens (including phenoxy) is 2. The van der Waals surface area contributed by atoms with Crippen LogP contribution < -0.4 is 15.4 Å². The first kappa shape index (κ1) is 20.3. The van der Waals surface area contributed by atoms with Crippen molar-refractivity contribution in [3.63, 3.8) is 0 Å². The SMILES string of the molecule is COCCCOc1ccccc1NC(=O)Nc1cccc(CCC(=O)O)c1. The number of carboxylic acids is 1. The predicted octanol–water partition coefficient (Wildman–Crippen LogP) is 3.76.